The minimum Gasteiger partial charge on any atom is -0.497 e. The number of thioether (sulfide) groups is 1. The molecule has 0 aliphatic carbocycles. The number of rotatable bonds is 5. The van der Waals surface area contributed by atoms with Gasteiger partial charge in [0.1, 0.15) is 5.75 Å². The molecule has 6 nitrogen and oxygen atoms in total. The molecule has 1 aliphatic rings. The lowest BCUT2D eigenvalue weighted by Crippen LogP contribution is -2.17. The lowest BCUT2D eigenvalue weighted by atomic mass is 10.1. The minimum absolute atomic E-state index is 0.429. The van der Waals surface area contributed by atoms with E-state index in [0.29, 0.717) is 22.5 Å². The molecule has 0 spiro atoms. The molecule has 4 rings (SSSR count). The number of para-hydroxylation sites is 1. The van der Waals surface area contributed by atoms with Gasteiger partial charge in [0, 0.05) is 27.0 Å². The molecule has 0 unspecified atom stereocenters. The lowest BCUT2D eigenvalue weighted by Gasteiger charge is -2.21. The molecule has 2 aromatic carbocycles. The number of halogens is 1. The third kappa shape index (κ3) is 3.70. The van der Waals surface area contributed by atoms with Crippen molar-refractivity contribution in [2.45, 2.75) is 11.4 Å². The Bertz CT molecular complexity index is 1030. The van der Waals surface area contributed by atoms with E-state index in [1.165, 1.54) is 11.8 Å². The summed E-state index contributed by atoms with van der Waals surface area (Å²) in [5.41, 5.74) is 3.27. The molecule has 142 valence electrons. The van der Waals surface area contributed by atoms with Crippen LogP contribution in [0.4, 0.5) is 5.69 Å². The first-order valence-electron chi connectivity index (χ1n) is 8.54. The molecular weight excluding hydrogens is 440 g/mol. The first-order chi connectivity index (χ1) is 13.7. The van der Waals surface area contributed by atoms with Crippen molar-refractivity contribution in [3.8, 4) is 22.9 Å². The van der Waals surface area contributed by atoms with E-state index in [1.807, 2.05) is 42.5 Å². The maximum atomic E-state index is 6.28. The summed E-state index contributed by atoms with van der Waals surface area (Å²) in [6, 6.07) is 13.6. The van der Waals surface area contributed by atoms with Crippen LogP contribution in [-0.2, 0) is 0 Å². The third-order valence-corrected chi connectivity index (χ3v) is 5.71. The van der Waals surface area contributed by atoms with E-state index in [2.05, 4.69) is 43.0 Å². The molecule has 1 N–H and O–H groups in total. The van der Waals surface area contributed by atoms with Crippen molar-refractivity contribution in [2.75, 3.05) is 18.2 Å². The van der Waals surface area contributed by atoms with Crippen LogP contribution < -0.4 is 14.8 Å². The van der Waals surface area contributed by atoms with Gasteiger partial charge in [0.2, 0.25) is 11.0 Å². The highest BCUT2D eigenvalue weighted by Gasteiger charge is 2.27. The van der Waals surface area contributed by atoms with E-state index in [1.54, 1.807) is 13.2 Å². The van der Waals surface area contributed by atoms with E-state index in [9.17, 15) is 0 Å². The molecule has 28 heavy (non-hydrogen) atoms. The summed E-state index contributed by atoms with van der Waals surface area (Å²) in [6.07, 6.45) is 1.31. The molecule has 3 aromatic rings. The highest BCUT2D eigenvalue weighted by atomic mass is 79.9. The van der Waals surface area contributed by atoms with E-state index in [0.717, 1.165) is 27.0 Å². The Morgan fingerprint density at radius 1 is 1.29 bits per heavy atom. The molecule has 0 bridgehead atoms. The maximum absolute atomic E-state index is 6.28. The first-order valence-corrected chi connectivity index (χ1v) is 10.3. The zero-order valence-electron chi connectivity index (χ0n) is 15.1. The molecule has 0 amide bonds. The van der Waals surface area contributed by atoms with Gasteiger partial charge in [-0.1, -0.05) is 52.0 Å². The number of methoxy groups -OCH3 is 1. The van der Waals surface area contributed by atoms with E-state index in [4.69, 9.17) is 9.47 Å². The number of benzene rings is 2. The second kappa shape index (κ2) is 8.20. The van der Waals surface area contributed by atoms with Crippen LogP contribution in [-0.4, -0.2) is 28.0 Å². The van der Waals surface area contributed by atoms with Crippen molar-refractivity contribution < 1.29 is 9.47 Å². The second-order valence-electron chi connectivity index (χ2n) is 5.92. The normalized spacial score (nSPS) is 14.7. The fourth-order valence-electron chi connectivity index (χ4n) is 2.83. The van der Waals surface area contributed by atoms with E-state index >= 15 is 0 Å². The Kier molecular flexibility index (Phi) is 5.50. The number of nitrogens with one attached hydrogen (secondary N) is 1. The summed E-state index contributed by atoms with van der Waals surface area (Å²) in [4.78, 5) is 4.59. The van der Waals surface area contributed by atoms with Crippen LogP contribution in [0.15, 0.2) is 64.7 Å². The summed E-state index contributed by atoms with van der Waals surface area (Å²) in [7, 11) is 1.64. The fraction of sp³-hybridized carbons (Fsp3) is 0.150. The number of ether oxygens (including phenoxy) is 2. The average molecular weight is 457 g/mol. The van der Waals surface area contributed by atoms with Crippen LogP contribution in [0, 0.1) is 0 Å². The quantitative estimate of drug-likeness (QED) is 0.423. The topological polar surface area (TPSA) is 69.2 Å². The summed E-state index contributed by atoms with van der Waals surface area (Å²) < 4.78 is 12.6. The van der Waals surface area contributed by atoms with Gasteiger partial charge in [-0.3, -0.25) is 0 Å². The fourth-order valence-corrected chi connectivity index (χ4v) is 3.80. The molecule has 8 heteroatoms. The predicted octanol–water partition coefficient (Wildman–Crippen LogP) is 5.09. The standard InChI is InChI=1S/C20H17BrN4O2S/c1-3-10-28-20-23-19-17(24-25-20)13-6-4-5-7-16(13)22-18(27-19)14-11-12(26-2)8-9-15(14)21/h3-9,11,18,22H,1,10H2,2H3/t18-/m1/s1. The Balaban J connectivity index is 1.82. The highest BCUT2D eigenvalue weighted by molar-refractivity contribution is 9.10. The van der Waals surface area contributed by atoms with E-state index < -0.39 is 6.23 Å². The van der Waals surface area contributed by atoms with Gasteiger partial charge in [0.05, 0.1) is 7.11 Å². The van der Waals surface area contributed by atoms with Gasteiger partial charge in [-0.15, -0.1) is 16.8 Å². The largest absolute Gasteiger partial charge is 0.497 e. The molecule has 1 atom stereocenters. The second-order valence-corrected chi connectivity index (χ2v) is 7.76. The van der Waals surface area contributed by atoms with E-state index in [-0.39, 0.29) is 0 Å². The van der Waals surface area contributed by atoms with Gasteiger partial charge in [0.15, 0.2) is 11.9 Å². The van der Waals surface area contributed by atoms with Crippen molar-refractivity contribution in [3.63, 3.8) is 0 Å². The van der Waals surface area contributed by atoms with Gasteiger partial charge in [-0.25, -0.2) is 0 Å². The average Bonchev–Trinajstić information content (AvgIpc) is 2.89. The predicted molar refractivity (Wildman–Crippen MR) is 114 cm³/mol. The minimum atomic E-state index is -0.485. The summed E-state index contributed by atoms with van der Waals surface area (Å²) in [5.74, 6) is 1.86. The van der Waals surface area contributed by atoms with Crippen molar-refractivity contribution in [1.29, 1.82) is 0 Å². The van der Waals surface area contributed by atoms with Gasteiger partial charge < -0.3 is 14.8 Å². The smallest absolute Gasteiger partial charge is 0.247 e. The summed E-state index contributed by atoms with van der Waals surface area (Å²) >= 11 is 5.07. The summed E-state index contributed by atoms with van der Waals surface area (Å²) in [6.45, 7) is 3.73. The molecular formula is C20H17BrN4O2S. The summed E-state index contributed by atoms with van der Waals surface area (Å²) in [5, 5.41) is 12.6. The van der Waals surface area contributed by atoms with Crippen molar-refractivity contribution in [2.24, 2.45) is 0 Å². The number of fused-ring (bicyclic) bond motifs is 3. The zero-order valence-corrected chi connectivity index (χ0v) is 17.5. The first kappa shape index (κ1) is 18.8. The molecule has 0 fully saturated rings. The molecule has 0 radical (unpaired) electrons. The highest BCUT2D eigenvalue weighted by Crippen LogP contribution is 2.41. The third-order valence-electron chi connectivity index (χ3n) is 4.15. The number of nitrogens with zero attached hydrogens (tertiary/aromatic N) is 3. The Morgan fingerprint density at radius 3 is 2.96 bits per heavy atom. The Hall–Kier alpha value is -2.58. The van der Waals surface area contributed by atoms with Gasteiger partial charge in [0.25, 0.3) is 0 Å². The van der Waals surface area contributed by atoms with Crippen molar-refractivity contribution in [3.05, 3.63) is 65.2 Å². The number of aromatic nitrogens is 3. The van der Waals surface area contributed by atoms with Crippen LogP contribution in [0.3, 0.4) is 0 Å². The number of anilines is 1. The van der Waals surface area contributed by atoms with Gasteiger partial charge >= 0.3 is 0 Å². The van der Waals surface area contributed by atoms with Gasteiger partial charge in [-0.05, 0) is 24.3 Å². The monoisotopic (exact) mass is 456 g/mol. The molecule has 0 saturated carbocycles. The van der Waals surface area contributed by atoms with Crippen LogP contribution in [0.5, 0.6) is 11.6 Å². The number of hydrogen-bond acceptors (Lipinski definition) is 7. The van der Waals surface area contributed by atoms with Crippen LogP contribution in [0.25, 0.3) is 11.3 Å². The van der Waals surface area contributed by atoms with Gasteiger partial charge in [-0.2, -0.15) is 4.98 Å². The maximum Gasteiger partial charge on any atom is 0.247 e. The number of hydrogen-bond donors (Lipinski definition) is 1. The SMILES string of the molecule is C=CCSc1nnc2c(n1)O[C@H](c1cc(OC)ccc1Br)Nc1ccccc1-2. The van der Waals surface area contributed by atoms with Crippen LogP contribution in [0.2, 0.25) is 0 Å². The Labute approximate surface area is 175 Å². The van der Waals surface area contributed by atoms with Crippen LogP contribution >= 0.6 is 27.7 Å². The Morgan fingerprint density at radius 2 is 2.14 bits per heavy atom. The molecule has 0 saturated heterocycles. The zero-order chi connectivity index (χ0) is 19.5. The molecule has 2 heterocycles. The lowest BCUT2D eigenvalue weighted by molar-refractivity contribution is 0.224. The molecule has 1 aromatic heterocycles. The van der Waals surface area contributed by atoms with Crippen molar-refractivity contribution in [1.82, 2.24) is 15.2 Å². The van der Waals surface area contributed by atoms with Crippen LogP contribution in [0.1, 0.15) is 11.8 Å². The molecule has 1 aliphatic heterocycles. The van der Waals surface area contributed by atoms with Crippen molar-refractivity contribution >= 4 is 33.4 Å².